The Bertz CT molecular complexity index is 975. The first-order valence-corrected chi connectivity index (χ1v) is 13.2. The molecule has 9 heteroatoms. The van der Waals surface area contributed by atoms with E-state index in [1.807, 2.05) is 33.8 Å². The molecule has 0 radical (unpaired) electrons. The molecule has 2 aromatic rings. The first-order chi connectivity index (χ1) is 15.4. The van der Waals surface area contributed by atoms with Crippen molar-refractivity contribution in [2.45, 2.75) is 58.0 Å². The normalized spacial score (nSPS) is 12.4. The number of hydrogen-bond donors (Lipinski definition) is 1. The van der Waals surface area contributed by atoms with E-state index in [0.29, 0.717) is 37.8 Å². The summed E-state index contributed by atoms with van der Waals surface area (Å²) in [6.45, 7) is 7.72. The Morgan fingerprint density at radius 3 is 2.21 bits per heavy atom. The maximum absolute atomic E-state index is 13.4. The lowest BCUT2D eigenvalue weighted by molar-refractivity contribution is -0.140. The van der Waals surface area contributed by atoms with E-state index in [0.717, 1.165) is 5.56 Å². The van der Waals surface area contributed by atoms with Crippen LogP contribution in [-0.2, 0) is 21.9 Å². The third kappa shape index (κ3) is 8.56. The molecule has 0 spiro atoms. The summed E-state index contributed by atoms with van der Waals surface area (Å²) < 4.78 is 0. The predicted octanol–water partition coefficient (Wildman–Crippen LogP) is 7.26. The van der Waals surface area contributed by atoms with Gasteiger partial charge in [0.1, 0.15) is 6.04 Å². The zero-order valence-electron chi connectivity index (χ0n) is 19.1. The van der Waals surface area contributed by atoms with Gasteiger partial charge in [-0.1, -0.05) is 65.5 Å². The second-order valence-corrected chi connectivity index (χ2v) is 11.3. The van der Waals surface area contributed by atoms with Crippen molar-refractivity contribution >= 4 is 70.0 Å². The quantitative estimate of drug-likeness (QED) is 0.358. The Labute approximate surface area is 220 Å². The average Bonchev–Trinajstić information content (AvgIpc) is 2.70. The van der Waals surface area contributed by atoms with Crippen molar-refractivity contribution < 1.29 is 9.59 Å². The summed E-state index contributed by atoms with van der Waals surface area (Å²) >= 11 is 26.4. The second kappa shape index (κ2) is 12.6. The van der Waals surface area contributed by atoms with Gasteiger partial charge in [-0.15, -0.1) is 11.8 Å². The highest BCUT2D eigenvalue weighted by atomic mass is 35.5. The van der Waals surface area contributed by atoms with Gasteiger partial charge in [-0.25, -0.2) is 0 Å². The van der Waals surface area contributed by atoms with Crippen molar-refractivity contribution in [3.05, 3.63) is 67.6 Å². The van der Waals surface area contributed by atoms with Crippen LogP contribution in [0.4, 0.5) is 0 Å². The lowest BCUT2D eigenvalue weighted by Crippen LogP contribution is -2.53. The van der Waals surface area contributed by atoms with Crippen LogP contribution in [0.3, 0.4) is 0 Å². The van der Waals surface area contributed by atoms with Crippen molar-refractivity contribution in [3.8, 4) is 0 Å². The van der Waals surface area contributed by atoms with E-state index < -0.39 is 11.6 Å². The molecule has 0 heterocycles. The van der Waals surface area contributed by atoms with Gasteiger partial charge in [-0.2, -0.15) is 0 Å². The maximum Gasteiger partial charge on any atom is 0.243 e. The van der Waals surface area contributed by atoms with Gasteiger partial charge in [0.2, 0.25) is 11.8 Å². The summed E-state index contributed by atoms with van der Waals surface area (Å²) in [6.07, 6.45) is 0.448. The van der Waals surface area contributed by atoms with E-state index in [9.17, 15) is 9.59 Å². The van der Waals surface area contributed by atoms with Crippen LogP contribution < -0.4 is 5.32 Å². The number of carbonyl (C=O) groups is 2. The second-order valence-electron chi connectivity index (χ2n) is 8.61. The number of nitrogens with zero attached hydrogens (tertiary/aromatic N) is 1. The number of hydrogen-bond acceptors (Lipinski definition) is 3. The van der Waals surface area contributed by atoms with Crippen LogP contribution in [0.15, 0.2) is 36.4 Å². The van der Waals surface area contributed by atoms with Crippen LogP contribution in [0.2, 0.25) is 20.1 Å². The highest BCUT2D eigenvalue weighted by Crippen LogP contribution is 2.28. The fraction of sp³-hybridized carbons (Fsp3) is 0.417. The van der Waals surface area contributed by atoms with Crippen LogP contribution in [0.25, 0.3) is 0 Å². The zero-order chi connectivity index (χ0) is 24.8. The van der Waals surface area contributed by atoms with Gasteiger partial charge < -0.3 is 10.2 Å². The molecule has 33 heavy (non-hydrogen) atoms. The Balaban J connectivity index is 2.24. The minimum atomic E-state index is -0.663. The molecule has 1 atom stereocenters. The van der Waals surface area contributed by atoms with Crippen molar-refractivity contribution in [1.82, 2.24) is 10.2 Å². The van der Waals surface area contributed by atoms with Crippen LogP contribution in [0.1, 0.15) is 45.2 Å². The Morgan fingerprint density at radius 2 is 1.67 bits per heavy atom. The van der Waals surface area contributed by atoms with E-state index in [1.54, 1.807) is 35.2 Å². The molecular formula is C24H28Cl4N2O2S. The third-order valence-corrected chi connectivity index (χ3v) is 7.03. The average molecular weight is 550 g/mol. The highest BCUT2D eigenvalue weighted by Gasteiger charge is 2.31. The van der Waals surface area contributed by atoms with Crippen LogP contribution in [-0.4, -0.2) is 34.0 Å². The molecule has 0 saturated heterocycles. The van der Waals surface area contributed by atoms with Gasteiger partial charge in [-0.05, 0) is 57.0 Å². The number of thioether (sulfide) groups is 1. The first kappa shape index (κ1) is 28.1. The lowest BCUT2D eigenvalue weighted by Gasteiger charge is -2.33. The smallest absolute Gasteiger partial charge is 0.243 e. The van der Waals surface area contributed by atoms with Gasteiger partial charge in [0.25, 0.3) is 0 Å². The van der Waals surface area contributed by atoms with Gasteiger partial charge in [0.15, 0.2) is 0 Å². The van der Waals surface area contributed by atoms with Crippen molar-refractivity contribution in [2.24, 2.45) is 0 Å². The SMILES string of the molecule is CC[C@H](C(=O)NC(C)(C)C)N(Cc1c(Cl)cccc1Cl)C(=O)CSCc1ccc(Cl)cc1Cl. The summed E-state index contributed by atoms with van der Waals surface area (Å²) in [4.78, 5) is 28.0. The minimum Gasteiger partial charge on any atom is -0.350 e. The van der Waals surface area contributed by atoms with Gasteiger partial charge in [-0.3, -0.25) is 9.59 Å². The molecule has 0 unspecified atom stereocenters. The van der Waals surface area contributed by atoms with E-state index in [1.165, 1.54) is 11.8 Å². The number of nitrogens with one attached hydrogen (secondary N) is 1. The molecule has 2 amide bonds. The summed E-state index contributed by atoms with van der Waals surface area (Å²) in [7, 11) is 0. The molecule has 0 fully saturated rings. The predicted molar refractivity (Wildman–Crippen MR) is 142 cm³/mol. The summed E-state index contributed by atoms with van der Waals surface area (Å²) in [5.41, 5.74) is 1.07. The van der Waals surface area contributed by atoms with Crippen LogP contribution in [0, 0.1) is 0 Å². The molecule has 0 aliphatic carbocycles. The molecule has 0 aliphatic heterocycles. The molecule has 0 aromatic heterocycles. The third-order valence-electron chi connectivity index (χ3n) is 4.77. The van der Waals surface area contributed by atoms with Crippen LogP contribution in [0.5, 0.6) is 0 Å². The van der Waals surface area contributed by atoms with Crippen molar-refractivity contribution in [2.75, 3.05) is 5.75 Å². The minimum absolute atomic E-state index is 0.135. The largest absolute Gasteiger partial charge is 0.350 e. The Morgan fingerprint density at radius 1 is 1.03 bits per heavy atom. The maximum atomic E-state index is 13.4. The summed E-state index contributed by atoms with van der Waals surface area (Å²) in [5.74, 6) is 0.303. The Kier molecular flexibility index (Phi) is 10.7. The lowest BCUT2D eigenvalue weighted by atomic mass is 10.1. The fourth-order valence-corrected chi connectivity index (χ4v) is 5.18. The highest BCUT2D eigenvalue weighted by molar-refractivity contribution is 7.99. The number of halogens is 4. The van der Waals surface area contributed by atoms with Crippen molar-refractivity contribution in [1.29, 1.82) is 0 Å². The van der Waals surface area contributed by atoms with E-state index in [4.69, 9.17) is 46.4 Å². The monoisotopic (exact) mass is 548 g/mol. The molecule has 4 nitrogen and oxygen atoms in total. The van der Waals surface area contributed by atoms with Crippen molar-refractivity contribution in [3.63, 3.8) is 0 Å². The molecule has 0 bridgehead atoms. The van der Waals surface area contributed by atoms with E-state index in [2.05, 4.69) is 5.32 Å². The molecule has 2 rings (SSSR count). The zero-order valence-corrected chi connectivity index (χ0v) is 22.9. The fourth-order valence-electron chi connectivity index (χ4n) is 3.20. The van der Waals surface area contributed by atoms with Gasteiger partial charge in [0, 0.05) is 43.5 Å². The first-order valence-electron chi connectivity index (χ1n) is 10.5. The van der Waals surface area contributed by atoms with E-state index in [-0.39, 0.29) is 24.1 Å². The standard InChI is InChI=1S/C24H28Cl4N2O2S/c1-5-21(23(32)29-24(2,3)4)30(12-17-18(26)7-6-8-19(17)27)22(31)14-33-13-15-9-10-16(25)11-20(15)28/h6-11,21H,5,12-14H2,1-4H3,(H,29,32)/t21-/m1/s1. The summed E-state index contributed by atoms with van der Waals surface area (Å²) in [6, 6.07) is 9.81. The molecule has 0 aliphatic rings. The molecule has 0 saturated carbocycles. The van der Waals surface area contributed by atoms with Gasteiger partial charge in [0.05, 0.1) is 5.75 Å². The van der Waals surface area contributed by atoms with Crippen LogP contribution >= 0.6 is 58.2 Å². The number of rotatable bonds is 9. The number of benzene rings is 2. The molecular weight excluding hydrogens is 522 g/mol. The molecule has 1 N–H and O–H groups in total. The number of carbonyl (C=O) groups excluding carboxylic acids is 2. The molecule has 180 valence electrons. The Hall–Kier alpha value is -1.11. The molecule has 2 aromatic carbocycles. The summed E-state index contributed by atoms with van der Waals surface area (Å²) in [5, 5.41) is 4.99. The topological polar surface area (TPSA) is 49.4 Å². The van der Waals surface area contributed by atoms with Gasteiger partial charge >= 0.3 is 0 Å². The number of amides is 2. The van der Waals surface area contributed by atoms with E-state index >= 15 is 0 Å².